The van der Waals surface area contributed by atoms with Gasteiger partial charge in [0.15, 0.2) is 17.5 Å². The van der Waals surface area contributed by atoms with Gasteiger partial charge < -0.3 is 4.74 Å². The van der Waals surface area contributed by atoms with Crippen LogP contribution in [0.3, 0.4) is 0 Å². The molecule has 0 aliphatic heterocycles. The van der Waals surface area contributed by atoms with Crippen molar-refractivity contribution in [1.82, 2.24) is 0 Å². The first-order valence-corrected chi connectivity index (χ1v) is 9.49. The van der Waals surface area contributed by atoms with Gasteiger partial charge in [-0.2, -0.15) is 0 Å². The number of halogens is 7. The molecule has 0 aromatic heterocycles. The molecule has 0 atom stereocenters. The molecule has 3 aromatic carbocycles. The Bertz CT molecular complexity index is 1090. The van der Waals surface area contributed by atoms with Gasteiger partial charge in [-0.05, 0) is 54.2 Å². The van der Waals surface area contributed by atoms with Gasteiger partial charge in [-0.15, -0.1) is 13.2 Å². The second kappa shape index (κ2) is 9.46. The average molecular weight is 454 g/mol. The molecule has 1 nitrogen and oxygen atoms in total. The predicted octanol–water partition coefficient (Wildman–Crippen LogP) is 7.94. The number of hydrogen-bond acceptors (Lipinski definition) is 1. The van der Waals surface area contributed by atoms with Gasteiger partial charge in [0, 0.05) is 5.56 Å². The number of hydrogen-bond donors (Lipinski definition) is 0. The fraction of sp³-hybridized carbons (Fsp3) is 0.167. The van der Waals surface area contributed by atoms with Gasteiger partial charge in [0.2, 0.25) is 5.75 Å². The third-order valence-corrected chi connectivity index (χ3v) is 4.71. The Morgan fingerprint density at radius 2 is 1.22 bits per heavy atom. The molecule has 168 valence electrons. The molecule has 0 amide bonds. The molecule has 0 bridgehead atoms. The fourth-order valence-electron chi connectivity index (χ4n) is 3.13. The third kappa shape index (κ3) is 5.90. The molecular formula is C24H17F7O. The summed E-state index contributed by atoms with van der Waals surface area (Å²) in [5.41, 5.74) is 2.77. The van der Waals surface area contributed by atoms with E-state index in [1.165, 1.54) is 12.1 Å². The Labute approximate surface area is 179 Å². The maximum absolute atomic E-state index is 13.8. The summed E-state index contributed by atoms with van der Waals surface area (Å²) in [6, 6.07) is 15.1. The molecule has 0 unspecified atom stereocenters. The van der Waals surface area contributed by atoms with Gasteiger partial charge >= 0.3 is 6.36 Å². The van der Waals surface area contributed by atoms with Crippen LogP contribution < -0.4 is 4.74 Å². The maximum Gasteiger partial charge on any atom is 0.573 e. The van der Waals surface area contributed by atoms with Gasteiger partial charge in [0.05, 0.1) is 0 Å². The van der Waals surface area contributed by atoms with Crippen molar-refractivity contribution in [2.75, 3.05) is 0 Å². The number of ether oxygens (including phenoxy) is 1. The number of alkyl halides is 3. The van der Waals surface area contributed by atoms with E-state index in [1.54, 1.807) is 36.4 Å². The topological polar surface area (TPSA) is 9.23 Å². The van der Waals surface area contributed by atoms with E-state index in [2.05, 4.69) is 4.74 Å². The van der Waals surface area contributed by atoms with Gasteiger partial charge in [0.25, 0.3) is 0 Å². The van der Waals surface area contributed by atoms with Crippen molar-refractivity contribution < 1.29 is 35.5 Å². The highest BCUT2D eigenvalue weighted by atomic mass is 19.4. The molecule has 8 heteroatoms. The molecule has 0 saturated heterocycles. The van der Waals surface area contributed by atoms with Crippen molar-refractivity contribution in [1.29, 1.82) is 0 Å². The van der Waals surface area contributed by atoms with Crippen molar-refractivity contribution >= 4 is 5.83 Å². The highest BCUT2D eigenvalue weighted by Crippen LogP contribution is 2.30. The Morgan fingerprint density at radius 3 is 1.69 bits per heavy atom. The molecule has 0 fully saturated rings. The number of benzene rings is 3. The van der Waals surface area contributed by atoms with E-state index in [9.17, 15) is 30.7 Å². The number of rotatable bonds is 6. The van der Waals surface area contributed by atoms with Crippen LogP contribution in [0.4, 0.5) is 30.7 Å². The van der Waals surface area contributed by atoms with E-state index in [0.717, 1.165) is 35.7 Å². The normalized spacial score (nSPS) is 12.5. The molecular weight excluding hydrogens is 437 g/mol. The standard InChI is InChI=1S/C24H17F7O/c1-14(25)22(28)19-10-8-18(9-11-19)17-6-4-15(5-7-17)2-3-16-12-20(26)23(21(27)13-16)32-24(29,30)31/h4-13H,2-3H2,1H3/b22-14+. The lowest BCUT2D eigenvalue weighted by Crippen LogP contribution is -2.19. The van der Waals surface area contributed by atoms with Crippen LogP contribution in [0.5, 0.6) is 5.75 Å². The van der Waals surface area contributed by atoms with E-state index in [4.69, 9.17) is 0 Å². The lowest BCUT2D eigenvalue weighted by atomic mass is 9.99. The summed E-state index contributed by atoms with van der Waals surface area (Å²) in [6.07, 6.45) is -4.60. The number of aryl methyl sites for hydroxylation is 2. The Hall–Kier alpha value is -3.29. The van der Waals surface area contributed by atoms with E-state index in [-0.39, 0.29) is 17.5 Å². The van der Waals surface area contributed by atoms with Crippen LogP contribution in [0.25, 0.3) is 17.0 Å². The predicted molar refractivity (Wildman–Crippen MR) is 107 cm³/mol. The zero-order chi connectivity index (χ0) is 23.5. The van der Waals surface area contributed by atoms with Crippen molar-refractivity contribution in [3.05, 3.63) is 94.8 Å². The molecule has 3 aromatic rings. The largest absolute Gasteiger partial charge is 0.573 e. The lowest BCUT2D eigenvalue weighted by molar-refractivity contribution is -0.276. The first kappa shape index (κ1) is 23.4. The van der Waals surface area contributed by atoms with E-state index < -0.39 is 35.4 Å². The van der Waals surface area contributed by atoms with Gasteiger partial charge in [-0.25, -0.2) is 17.6 Å². The van der Waals surface area contributed by atoms with Crippen LogP contribution in [0, 0.1) is 11.6 Å². The minimum atomic E-state index is -5.19. The summed E-state index contributed by atoms with van der Waals surface area (Å²) in [6.45, 7) is 1.04. The molecule has 0 heterocycles. The van der Waals surface area contributed by atoms with E-state index >= 15 is 0 Å². The molecule has 0 aliphatic carbocycles. The number of allylic oxidation sites excluding steroid dienone is 1. The summed E-state index contributed by atoms with van der Waals surface area (Å²) in [5.74, 6) is -6.15. The van der Waals surface area contributed by atoms with Crippen LogP contribution in [0.2, 0.25) is 0 Å². The molecule has 0 aliphatic rings. The zero-order valence-electron chi connectivity index (χ0n) is 16.7. The lowest BCUT2D eigenvalue weighted by Gasteiger charge is -2.12. The van der Waals surface area contributed by atoms with Crippen molar-refractivity contribution in [2.24, 2.45) is 0 Å². The minimum Gasteiger partial charge on any atom is -0.399 e. The second-order valence-electron chi connectivity index (χ2n) is 7.06. The summed E-state index contributed by atoms with van der Waals surface area (Å²) < 4.78 is 94.3. The smallest absolute Gasteiger partial charge is 0.399 e. The Kier molecular flexibility index (Phi) is 6.91. The van der Waals surface area contributed by atoms with Crippen LogP contribution in [0.15, 0.2) is 66.5 Å². The maximum atomic E-state index is 13.8. The molecule has 0 spiro atoms. The summed E-state index contributed by atoms with van der Waals surface area (Å²) >= 11 is 0. The average Bonchev–Trinajstić information content (AvgIpc) is 2.74. The summed E-state index contributed by atoms with van der Waals surface area (Å²) in [7, 11) is 0. The van der Waals surface area contributed by atoms with Crippen molar-refractivity contribution in [3.63, 3.8) is 0 Å². The molecule has 0 saturated carbocycles. The highest BCUT2D eigenvalue weighted by molar-refractivity contribution is 5.68. The summed E-state index contributed by atoms with van der Waals surface area (Å²) in [4.78, 5) is 0. The van der Waals surface area contributed by atoms with Crippen LogP contribution in [0.1, 0.15) is 23.6 Å². The van der Waals surface area contributed by atoms with Crippen LogP contribution >= 0.6 is 0 Å². The Balaban J connectivity index is 1.67. The van der Waals surface area contributed by atoms with E-state index in [0.29, 0.717) is 6.42 Å². The quantitative estimate of drug-likeness (QED) is 0.344. The zero-order valence-corrected chi connectivity index (χ0v) is 16.7. The molecule has 3 rings (SSSR count). The minimum absolute atomic E-state index is 0.136. The summed E-state index contributed by atoms with van der Waals surface area (Å²) in [5, 5.41) is 0. The third-order valence-electron chi connectivity index (χ3n) is 4.71. The van der Waals surface area contributed by atoms with E-state index in [1.807, 2.05) is 0 Å². The Morgan fingerprint density at radius 1 is 0.750 bits per heavy atom. The van der Waals surface area contributed by atoms with Gasteiger partial charge in [-0.3, -0.25) is 0 Å². The SMILES string of the molecule is C/C(F)=C(\F)c1ccc(-c2ccc(CCc3cc(F)c(OC(F)(F)F)c(F)c3)cc2)cc1. The van der Waals surface area contributed by atoms with Crippen molar-refractivity contribution in [3.8, 4) is 16.9 Å². The molecule has 0 radical (unpaired) electrons. The molecule has 0 N–H and O–H groups in total. The van der Waals surface area contributed by atoms with Gasteiger partial charge in [-0.1, -0.05) is 48.5 Å². The monoisotopic (exact) mass is 454 g/mol. The first-order valence-electron chi connectivity index (χ1n) is 9.49. The van der Waals surface area contributed by atoms with Gasteiger partial charge in [0.1, 0.15) is 5.83 Å². The van der Waals surface area contributed by atoms with Crippen molar-refractivity contribution in [2.45, 2.75) is 26.1 Å². The fourth-order valence-corrected chi connectivity index (χ4v) is 3.13. The van der Waals surface area contributed by atoms with Crippen LogP contribution in [-0.2, 0) is 12.8 Å². The van der Waals surface area contributed by atoms with Crippen LogP contribution in [-0.4, -0.2) is 6.36 Å². The molecule has 32 heavy (non-hydrogen) atoms. The second-order valence-corrected chi connectivity index (χ2v) is 7.06. The highest BCUT2D eigenvalue weighted by Gasteiger charge is 2.34. The first-order chi connectivity index (χ1) is 15.0.